The molecule has 17 heavy (non-hydrogen) atoms. The molecule has 0 spiro atoms. The monoisotopic (exact) mass is 239 g/mol. The number of nitrogens with one attached hydrogen (secondary N) is 1. The van der Waals surface area contributed by atoms with Crippen LogP contribution in [0, 0.1) is 6.92 Å². The van der Waals surface area contributed by atoms with Crippen molar-refractivity contribution in [3.8, 4) is 5.75 Å². The number of amides is 1. The highest BCUT2D eigenvalue weighted by Gasteiger charge is 2.10. The first-order chi connectivity index (χ1) is 8.06. The number of hydrogen-bond acceptors (Lipinski definition) is 5. The molecule has 1 heterocycles. The smallest absolute Gasteiger partial charge is 0.218 e. The summed E-state index contributed by atoms with van der Waals surface area (Å²) in [6, 6.07) is 0. The van der Waals surface area contributed by atoms with Gasteiger partial charge < -0.3 is 21.3 Å². The lowest BCUT2D eigenvalue weighted by atomic mass is 10.1. The van der Waals surface area contributed by atoms with Gasteiger partial charge in [-0.1, -0.05) is 0 Å². The summed E-state index contributed by atoms with van der Waals surface area (Å²) in [6.45, 7) is 2.29. The molecule has 6 heteroatoms. The number of nitrogens with zero attached hydrogens (tertiary/aromatic N) is 1. The van der Waals surface area contributed by atoms with Gasteiger partial charge in [0, 0.05) is 36.8 Å². The Hall–Kier alpha value is -1.66. The number of primary amides is 1. The van der Waals surface area contributed by atoms with Gasteiger partial charge in [-0.3, -0.25) is 9.78 Å². The van der Waals surface area contributed by atoms with Gasteiger partial charge in [0.15, 0.2) is 0 Å². The lowest BCUT2D eigenvalue weighted by Crippen LogP contribution is -2.22. The molecule has 0 aliphatic carbocycles. The molecule has 0 unspecified atom stereocenters. The third-order valence-electron chi connectivity index (χ3n) is 2.45. The maximum absolute atomic E-state index is 10.5. The van der Waals surface area contributed by atoms with Gasteiger partial charge in [0.25, 0.3) is 0 Å². The van der Waals surface area contributed by atoms with Crippen LogP contribution >= 0.6 is 0 Å². The van der Waals surface area contributed by atoms with Crippen molar-refractivity contribution in [2.45, 2.75) is 26.5 Å². The van der Waals surface area contributed by atoms with Crippen LogP contribution in [0.4, 0.5) is 0 Å². The zero-order valence-corrected chi connectivity index (χ0v) is 9.73. The Labute approximate surface area is 99.5 Å². The summed E-state index contributed by atoms with van der Waals surface area (Å²) in [5.41, 5.74) is 6.68. The average molecular weight is 239 g/mol. The Morgan fingerprint density at radius 2 is 2.29 bits per heavy atom. The second kappa shape index (κ2) is 6.17. The van der Waals surface area contributed by atoms with E-state index in [-0.39, 0.29) is 24.7 Å². The minimum Gasteiger partial charge on any atom is -0.506 e. The van der Waals surface area contributed by atoms with Crippen LogP contribution in [0.15, 0.2) is 6.20 Å². The summed E-state index contributed by atoms with van der Waals surface area (Å²) in [5.74, 6) is -0.307. The molecule has 94 valence electrons. The minimum absolute atomic E-state index is 0.0723. The van der Waals surface area contributed by atoms with E-state index < -0.39 is 0 Å². The van der Waals surface area contributed by atoms with E-state index in [2.05, 4.69) is 10.3 Å². The lowest BCUT2D eigenvalue weighted by molar-refractivity contribution is -0.117. The van der Waals surface area contributed by atoms with Crippen LogP contribution < -0.4 is 11.1 Å². The standard InChI is InChI=1S/C11H17N3O3/c1-7-11(17)9(8(6-15)4-14-7)5-13-3-2-10(12)16/h4,13,15,17H,2-3,5-6H2,1H3,(H2,12,16). The van der Waals surface area contributed by atoms with Crippen molar-refractivity contribution in [1.29, 1.82) is 0 Å². The van der Waals surface area contributed by atoms with E-state index in [9.17, 15) is 9.90 Å². The van der Waals surface area contributed by atoms with E-state index in [0.29, 0.717) is 29.9 Å². The predicted molar refractivity (Wildman–Crippen MR) is 62.1 cm³/mol. The van der Waals surface area contributed by atoms with Crippen LogP contribution in [0.2, 0.25) is 0 Å². The molecule has 1 amide bonds. The van der Waals surface area contributed by atoms with E-state index in [1.54, 1.807) is 6.92 Å². The van der Waals surface area contributed by atoms with Crippen LogP contribution in [0.5, 0.6) is 5.75 Å². The molecule has 0 saturated carbocycles. The quantitative estimate of drug-likeness (QED) is 0.503. The van der Waals surface area contributed by atoms with Gasteiger partial charge >= 0.3 is 0 Å². The van der Waals surface area contributed by atoms with Gasteiger partial charge in [0.05, 0.1) is 12.3 Å². The topological polar surface area (TPSA) is 108 Å². The summed E-state index contributed by atoms with van der Waals surface area (Å²) >= 11 is 0. The highest BCUT2D eigenvalue weighted by atomic mass is 16.3. The fourth-order valence-corrected chi connectivity index (χ4v) is 1.44. The Bertz CT molecular complexity index is 407. The molecule has 0 fully saturated rings. The van der Waals surface area contributed by atoms with Crippen LogP contribution in [0.3, 0.4) is 0 Å². The molecular weight excluding hydrogens is 222 g/mol. The third-order valence-corrected chi connectivity index (χ3v) is 2.45. The van der Waals surface area contributed by atoms with Crippen molar-refractivity contribution >= 4 is 5.91 Å². The van der Waals surface area contributed by atoms with E-state index >= 15 is 0 Å². The Morgan fingerprint density at radius 3 is 2.88 bits per heavy atom. The van der Waals surface area contributed by atoms with Crippen molar-refractivity contribution in [1.82, 2.24) is 10.3 Å². The van der Waals surface area contributed by atoms with Gasteiger partial charge in [0.2, 0.25) is 5.91 Å². The Kier molecular flexibility index (Phi) is 4.86. The van der Waals surface area contributed by atoms with E-state index in [4.69, 9.17) is 10.8 Å². The second-order valence-corrected chi connectivity index (χ2v) is 3.75. The number of aliphatic hydroxyl groups is 1. The predicted octanol–water partition coefficient (Wildman–Crippen LogP) is -0.447. The maximum Gasteiger partial charge on any atom is 0.218 e. The van der Waals surface area contributed by atoms with E-state index in [1.807, 2.05) is 0 Å². The fourth-order valence-electron chi connectivity index (χ4n) is 1.44. The average Bonchev–Trinajstić information content (AvgIpc) is 2.29. The molecule has 0 aliphatic heterocycles. The molecule has 0 bridgehead atoms. The fraction of sp³-hybridized carbons (Fsp3) is 0.455. The second-order valence-electron chi connectivity index (χ2n) is 3.75. The van der Waals surface area contributed by atoms with Gasteiger partial charge in [-0.2, -0.15) is 0 Å². The summed E-state index contributed by atoms with van der Waals surface area (Å²) in [6.07, 6.45) is 1.76. The number of nitrogens with two attached hydrogens (primary N) is 1. The molecule has 0 radical (unpaired) electrons. The van der Waals surface area contributed by atoms with Crippen molar-refractivity contribution in [2.24, 2.45) is 5.73 Å². The van der Waals surface area contributed by atoms with E-state index in [0.717, 1.165) is 0 Å². The highest BCUT2D eigenvalue weighted by Crippen LogP contribution is 2.23. The number of aryl methyl sites for hydroxylation is 1. The number of rotatable bonds is 6. The Morgan fingerprint density at radius 1 is 1.59 bits per heavy atom. The molecule has 5 N–H and O–H groups in total. The van der Waals surface area contributed by atoms with Crippen molar-refractivity contribution in [3.63, 3.8) is 0 Å². The first kappa shape index (κ1) is 13.4. The first-order valence-electron chi connectivity index (χ1n) is 5.32. The molecular formula is C11H17N3O3. The number of aromatic hydroxyl groups is 1. The molecule has 6 nitrogen and oxygen atoms in total. The van der Waals surface area contributed by atoms with Crippen molar-refractivity contribution in [2.75, 3.05) is 6.54 Å². The molecule has 0 aromatic carbocycles. The van der Waals surface area contributed by atoms with Crippen LogP contribution in [-0.4, -0.2) is 27.6 Å². The number of aliphatic hydroxyl groups excluding tert-OH is 1. The van der Waals surface area contributed by atoms with Crippen molar-refractivity contribution < 1.29 is 15.0 Å². The highest BCUT2D eigenvalue weighted by molar-refractivity contribution is 5.73. The van der Waals surface area contributed by atoms with Crippen molar-refractivity contribution in [3.05, 3.63) is 23.0 Å². The molecule has 0 saturated heterocycles. The molecule has 1 aromatic rings. The number of carbonyl (C=O) groups excluding carboxylic acids is 1. The first-order valence-corrected chi connectivity index (χ1v) is 5.32. The SMILES string of the molecule is Cc1ncc(CO)c(CNCCC(N)=O)c1O. The number of carbonyl (C=O) groups is 1. The summed E-state index contributed by atoms with van der Waals surface area (Å²) in [4.78, 5) is 14.5. The summed E-state index contributed by atoms with van der Waals surface area (Å²) < 4.78 is 0. The zero-order valence-electron chi connectivity index (χ0n) is 9.73. The van der Waals surface area contributed by atoms with Gasteiger partial charge in [-0.15, -0.1) is 0 Å². The summed E-state index contributed by atoms with van der Waals surface area (Å²) in [7, 11) is 0. The van der Waals surface area contributed by atoms with E-state index in [1.165, 1.54) is 6.20 Å². The van der Waals surface area contributed by atoms with Crippen LogP contribution in [0.1, 0.15) is 23.2 Å². The molecule has 1 aromatic heterocycles. The third kappa shape index (κ3) is 3.69. The Balaban J connectivity index is 2.68. The van der Waals surface area contributed by atoms with Gasteiger partial charge in [0.1, 0.15) is 5.75 Å². The normalized spacial score (nSPS) is 10.5. The van der Waals surface area contributed by atoms with Crippen LogP contribution in [0.25, 0.3) is 0 Å². The number of hydrogen-bond donors (Lipinski definition) is 4. The summed E-state index contributed by atoms with van der Waals surface area (Å²) in [5, 5.41) is 21.9. The van der Waals surface area contributed by atoms with Crippen LogP contribution in [-0.2, 0) is 17.9 Å². The molecule has 1 rings (SSSR count). The number of aromatic nitrogens is 1. The van der Waals surface area contributed by atoms with Gasteiger partial charge in [-0.05, 0) is 6.92 Å². The molecule has 0 aliphatic rings. The molecule has 0 atom stereocenters. The largest absolute Gasteiger partial charge is 0.506 e. The number of pyridine rings is 1. The lowest BCUT2D eigenvalue weighted by Gasteiger charge is -2.11. The minimum atomic E-state index is -0.380. The maximum atomic E-state index is 10.5. The zero-order chi connectivity index (χ0) is 12.8. The van der Waals surface area contributed by atoms with Gasteiger partial charge in [-0.25, -0.2) is 0 Å².